The third-order valence-corrected chi connectivity index (χ3v) is 7.77. The van der Waals surface area contributed by atoms with Crippen LogP contribution in [0.4, 0.5) is 5.69 Å². The van der Waals surface area contributed by atoms with Crippen molar-refractivity contribution < 1.29 is 18.8 Å². The van der Waals surface area contributed by atoms with Crippen LogP contribution in [0, 0.1) is 0 Å². The lowest BCUT2D eigenvalue weighted by Crippen LogP contribution is -2.07. The fraction of sp³-hybridized carbons (Fsp3) is 0.118. The van der Waals surface area contributed by atoms with Gasteiger partial charge in [0.2, 0.25) is 0 Å². The molecule has 0 bridgehead atoms. The number of rotatable bonds is 11. The van der Waals surface area contributed by atoms with Gasteiger partial charge in [0.25, 0.3) is 0 Å². The van der Waals surface area contributed by atoms with Crippen molar-refractivity contribution >= 4 is 58.0 Å². The molecule has 0 aliphatic heterocycles. The second-order valence-corrected chi connectivity index (χ2v) is 11.9. The molecule has 0 saturated heterocycles. The lowest BCUT2D eigenvalue weighted by Gasteiger charge is -2.11. The zero-order valence-electron chi connectivity index (χ0n) is 24.0. The maximum atomic E-state index is 11.6. The molecule has 0 fully saturated rings. The molecule has 1 unspecified atom stereocenters. The fourth-order valence-corrected chi connectivity index (χ4v) is 5.62. The second-order valence-electron chi connectivity index (χ2n) is 9.95. The molecule has 5 rings (SSSR count). The molecule has 0 amide bonds. The lowest BCUT2D eigenvalue weighted by atomic mass is 10.0. The Bertz CT molecular complexity index is 1850. The first-order chi connectivity index (χ1) is 21.2. The SMILES string of the molecule is CCCn1cc(-c2ccc(Cl)cc2Cl)nc1/C=C/c1ccc(-c2ccc(Oc3ccc(C(=O)O)c(NS(C)=O)c3)cc2)cc1. The Morgan fingerprint density at radius 2 is 1.64 bits per heavy atom. The summed E-state index contributed by atoms with van der Waals surface area (Å²) in [5.74, 6) is 0.736. The first kappa shape index (κ1) is 31.1. The van der Waals surface area contributed by atoms with Crippen LogP contribution in [0.2, 0.25) is 10.0 Å². The average Bonchev–Trinajstić information content (AvgIpc) is 3.39. The number of hydrogen-bond donors (Lipinski definition) is 2. The first-order valence-corrected chi connectivity index (χ1v) is 16.1. The number of benzene rings is 4. The molecular formula is C34H29Cl2N3O4S. The van der Waals surface area contributed by atoms with Crippen molar-refractivity contribution in [2.75, 3.05) is 11.0 Å². The van der Waals surface area contributed by atoms with E-state index in [-0.39, 0.29) is 11.3 Å². The topological polar surface area (TPSA) is 93.5 Å². The molecule has 1 atom stereocenters. The minimum atomic E-state index is -1.43. The number of ether oxygens (including phenoxy) is 1. The van der Waals surface area contributed by atoms with Gasteiger partial charge in [-0.15, -0.1) is 0 Å². The number of halogens is 2. The molecule has 4 aromatic carbocycles. The van der Waals surface area contributed by atoms with E-state index in [0.29, 0.717) is 21.5 Å². The van der Waals surface area contributed by atoms with E-state index in [9.17, 15) is 14.1 Å². The summed E-state index contributed by atoms with van der Waals surface area (Å²) in [6.45, 7) is 2.96. The third-order valence-electron chi connectivity index (χ3n) is 6.71. The normalized spacial score (nSPS) is 11.9. The summed E-state index contributed by atoms with van der Waals surface area (Å²) in [4.78, 5) is 16.3. The molecule has 0 spiro atoms. The second kappa shape index (κ2) is 13.9. The molecule has 5 aromatic rings. The van der Waals surface area contributed by atoms with Crippen molar-refractivity contribution in [1.29, 1.82) is 0 Å². The summed E-state index contributed by atoms with van der Waals surface area (Å²) in [5.41, 5.74) is 4.97. The van der Waals surface area contributed by atoms with Crippen LogP contribution in [-0.2, 0) is 17.5 Å². The van der Waals surface area contributed by atoms with Crippen LogP contribution in [0.25, 0.3) is 34.5 Å². The lowest BCUT2D eigenvalue weighted by molar-refractivity contribution is 0.0698. The standard InChI is InChI=1S/C34H29Cl2N3O4S/c1-3-18-39-21-32(28-15-11-25(35)19-30(28)36)37-33(39)17-6-22-4-7-23(8-5-22)24-9-12-26(13-10-24)43-27-14-16-29(34(40)41)31(20-27)38-44(2)42/h4-17,19-21,38H,3,18H2,1-2H3,(H,40,41)/b17-6+. The van der Waals surface area contributed by atoms with Gasteiger partial charge in [-0.1, -0.05) is 72.6 Å². The van der Waals surface area contributed by atoms with E-state index in [1.165, 1.54) is 18.4 Å². The first-order valence-electron chi connectivity index (χ1n) is 13.8. The van der Waals surface area contributed by atoms with E-state index in [0.717, 1.165) is 46.7 Å². The van der Waals surface area contributed by atoms with Crippen molar-refractivity contribution in [3.8, 4) is 33.9 Å². The number of carbonyl (C=O) groups is 1. The number of aromatic nitrogens is 2. The predicted octanol–water partition coefficient (Wildman–Crippen LogP) is 9.30. The highest BCUT2D eigenvalue weighted by Gasteiger charge is 2.13. The van der Waals surface area contributed by atoms with Crippen LogP contribution in [0.5, 0.6) is 11.5 Å². The van der Waals surface area contributed by atoms with Crippen LogP contribution in [-0.4, -0.2) is 31.1 Å². The number of aromatic carboxylic acids is 1. The molecule has 2 N–H and O–H groups in total. The molecule has 0 aliphatic carbocycles. The Morgan fingerprint density at radius 3 is 2.27 bits per heavy atom. The smallest absolute Gasteiger partial charge is 0.337 e. The van der Waals surface area contributed by atoms with Gasteiger partial charge in [-0.3, -0.25) is 0 Å². The number of carboxylic acid groups (broad SMARTS) is 1. The van der Waals surface area contributed by atoms with Gasteiger partial charge in [-0.25, -0.2) is 14.0 Å². The molecule has 7 nitrogen and oxygen atoms in total. The summed E-state index contributed by atoms with van der Waals surface area (Å²) in [7, 11) is -1.43. The van der Waals surface area contributed by atoms with Gasteiger partial charge in [-0.05, 0) is 71.7 Å². The van der Waals surface area contributed by atoms with Gasteiger partial charge in [0, 0.05) is 35.6 Å². The zero-order valence-corrected chi connectivity index (χ0v) is 26.3. The van der Waals surface area contributed by atoms with Gasteiger partial charge in [0.1, 0.15) is 28.3 Å². The maximum Gasteiger partial charge on any atom is 0.337 e. The Kier molecular flexibility index (Phi) is 9.85. The Morgan fingerprint density at radius 1 is 0.955 bits per heavy atom. The van der Waals surface area contributed by atoms with Crippen molar-refractivity contribution in [3.63, 3.8) is 0 Å². The summed E-state index contributed by atoms with van der Waals surface area (Å²) in [5, 5.41) is 10.5. The molecule has 0 radical (unpaired) electrons. The molecule has 0 aliphatic rings. The third kappa shape index (κ3) is 7.58. The molecule has 10 heteroatoms. The van der Waals surface area contributed by atoms with Gasteiger partial charge in [0.05, 0.1) is 22.0 Å². The summed E-state index contributed by atoms with van der Waals surface area (Å²) in [6.07, 6.45) is 8.46. The number of aryl methyl sites for hydroxylation is 1. The molecule has 0 saturated carbocycles. The minimum absolute atomic E-state index is 0.0139. The van der Waals surface area contributed by atoms with E-state index < -0.39 is 17.0 Å². The van der Waals surface area contributed by atoms with Crippen molar-refractivity contribution in [2.45, 2.75) is 19.9 Å². The van der Waals surface area contributed by atoms with Gasteiger partial charge in [-0.2, -0.15) is 0 Å². The minimum Gasteiger partial charge on any atom is -0.478 e. The monoisotopic (exact) mass is 645 g/mol. The number of nitrogens with one attached hydrogen (secondary N) is 1. The van der Waals surface area contributed by atoms with E-state index in [2.05, 4.69) is 40.5 Å². The summed E-state index contributed by atoms with van der Waals surface area (Å²) < 4.78 is 22.3. The molecular weight excluding hydrogens is 617 g/mol. The highest BCUT2D eigenvalue weighted by molar-refractivity contribution is 7.85. The predicted molar refractivity (Wildman–Crippen MR) is 180 cm³/mol. The highest BCUT2D eigenvalue weighted by atomic mass is 35.5. The Balaban J connectivity index is 1.29. The summed E-state index contributed by atoms with van der Waals surface area (Å²) in [6, 6.07) is 25.7. The number of imidazole rings is 1. The molecule has 1 aromatic heterocycles. The van der Waals surface area contributed by atoms with Crippen molar-refractivity contribution in [2.24, 2.45) is 0 Å². The fourth-order valence-electron chi connectivity index (χ4n) is 4.63. The average molecular weight is 647 g/mol. The van der Waals surface area contributed by atoms with E-state index in [1.54, 1.807) is 12.1 Å². The number of nitrogens with zero attached hydrogens (tertiary/aromatic N) is 2. The zero-order chi connectivity index (χ0) is 31.2. The highest BCUT2D eigenvalue weighted by Crippen LogP contribution is 2.31. The van der Waals surface area contributed by atoms with Crippen LogP contribution >= 0.6 is 23.2 Å². The Hall–Kier alpha value is -4.37. The molecule has 1 heterocycles. The Labute approximate surface area is 268 Å². The summed E-state index contributed by atoms with van der Waals surface area (Å²) >= 11 is 12.5. The largest absolute Gasteiger partial charge is 0.478 e. The van der Waals surface area contributed by atoms with E-state index in [1.807, 2.05) is 54.7 Å². The number of hydrogen-bond acceptors (Lipinski definition) is 4. The number of anilines is 1. The van der Waals surface area contributed by atoms with Gasteiger partial charge >= 0.3 is 5.97 Å². The van der Waals surface area contributed by atoms with E-state index in [4.69, 9.17) is 32.9 Å². The quantitative estimate of drug-likeness (QED) is 0.149. The van der Waals surface area contributed by atoms with Crippen molar-refractivity contribution in [3.05, 3.63) is 118 Å². The van der Waals surface area contributed by atoms with Crippen LogP contribution in [0.15, 0.2) is 91.1 Å². The van der Waals surface area contributed by atoms with Crippen LogP contribution in [0.3, 0.4) is 0 Å². The van der Waals surface area contributed by atoms with E-state index >= 15 is 0 Å². The van der Waals surface area contributed by atoms with Crippen LogP contribution in [0.1, 0.15) is 35.1 Å². The van der Waals surface area contributed by atoms with Gasteiger partial charge in [0.15, 0.2) is 0 Å². The maximum absolute atomic E-state index is 11.6. The van der Waals surface area contributed by atoms with Crippen molar-refractivity contribution in [1.82, 2.24) is 9.55 Å². The molecule has 224 valence electrons. The molecule has 44 heavy (non-hydrogen) atoms. The number of carboxylic acids is 1. The van der Waals surface area contributed by atoms with Gasteiger partial charge < -0.3 is 19.1 Å². The van der Waals surface area contributed by atoms with Crippen LogP contribution < -0.4 is 9.46 Å².